The number of esters is 5. The van der Waals surface area contributed by atoms with Crippen molar-refractivity contribution in [2.75, 3.05) is 6.61 Å². The monoisotopic (exact) mass is 1170 g/mol. The molecule has 1 aliphatic heterocycles. The number of allylic oxidation sites excluding steroid dienone is 12. The first kappa shape index (κ1) is 66.7. The summed E-state index contributed by atoms with van der Waals surface area (Å²) in [5.74, 6) is -7.49. The van der Waals surface area contributed by atoms with E-state index in [2.05, 4.69) is 66.9 Å². The number of nitrogens with one attached hydrogen (secondary N) is 1. The fourth-order valence-electron chi connectivity index (χ4n) is 12.2. The summed E-state index contributed by atoms with van der Waals surface area (Å²) in [6.07, 6.45) is 20.0. The van der Waals surface area contributed by atoms with Crippen molar-refractivity contribution in [3.8, 4) is 0 Å². The zero-order valence-electron chi connectivity index (χ0n) is 51.1. The molecule has 6 rings (SSSR count). The molecule has 1 amide bonds. The van der Waals surface area contributed by atoms with Crippen LogP contribution >= 0.6 is 0 Å². The fourth-order valence-corrected chi connectivity index (χ4v) is 12.2. The van der Waals surface area contributed by atoms with Crippen LogP contribution in [0.4, 0.5) is 4.79 Å². The van der Waals surface area contributed by atoms with E-state index in [0.717, 1.165) is 32.1 Å². The van der Waals surface area contributed by atoms with Crippen molar-refractivity contribution in [1.29, 1.82) is 0 Å². The highest BCUT2D eigenvalue weighted by Crippen LogP contribution is 2.64. The number of rotatable bonds is 26. The van der Waals surface area contributed by atoms with Crippen molar-refractivity contribution in [3.63, 3.8) is 0 Å². The number of ketones is 1. The molecule has 1 aromatic carbocycles. The summed E-state index contributed by atoms with van der Waals surface area (Å²) in [7, 11) is 0. The van der Waals surface area contributed by atoms with Crippen LogP contribution in [0.15, 0.2) is 114 Å². The lowest BCUT2D eigenvalue weighted by Crippen LogP contribution is -2.82. The second kappa shape index (κ2) is 29.1. The van der Waals surface area contributed by atoms with Gasteiger partial charge in [0.05, 0.1) is 41.6 Å². The SMILES string of the molecule is CC/C=C\C/C=C\C/C=C\C/C=C\C/C=C\C/C=C\CCC(=O)O[C@@H](C(=O)O[C@H]1C[C@@]2(O)C(OC(=O)c3ccccc3)C3[C@](C)(C(=O)[C@H](OC(=O)C4CC4)C(=C1C)C2(C)C)[C@@H](O)C[C@H]1OC[C@@]31OC(C)=O)[C@H](CC(C)C)NC(=O)OC(C)(C)C. The number of hydrogen-bond acceptors (Lipinski definition) is 16. The minimum atomic E-state index is -2.43. The van der Waals surface area contributed by atoms with Gasteiger partial charge in [-0.3, -0.25) is 19.2 Å². The maximum atomic E-state index is 16.0. The molecule has 84 heavy (non-hydrogen) atoms. The minimum absolute atomic E-state index is 0.0183. The van der Waals surface area contributed by atoms with Gasteiger partial charge in [0.1, 0.15) is 29.5 Å². The molecule has 17 heteroatoms. The number of fused-ring (bicyclic) bond motifs is 5. The Morgan fingerprint density at radius 1 is 0.821 bits per heavy atom. The summed E-state index contributed by atoms with van der Waals surface area (Å²) in [6.45, 7) is 17.9. The lowest BCUT2D eigenvalue weighted by molar-refractivity contribution is -0.346. The number of benzene rings is 1. The second-order valence-corrected chi connectivity index (χ2v) is 25.0. The number of aliphatic hydroxyl groups excluding tert-OH is 1. The molecular formula is C67H91NO16. The zero-order chi connectivity index (χ0) is 61.6. The molecule has 17 nitrogen and oxygen atoms in total. The van der Waals surface area contributed by atoms with Crippen LogP contribution in [0.1, 0.15) is 170 Å². The highest BCUT2D eigenvalue weighted by Gasteiger charge is 2.78. The maximum absolute atomic E-state index is 16.0. The van der Waals surface area contributed by atoms with Crippen LogP contribution in [-0.2, 0) is 57.1 Å². The van der Waals surface area contributed by atoms with Crippen LogP contribution in [0, 0.1) is 28.6 Å². The van der Waals surface area contributed by atoms with E-state index >= 15 is 9.59 Å². The number of carbonyl (C=O) groups excluding carboxylic acids is 7. The molecule has 4 fully saturated rings. The zero-order valence-corrected chi connectivity index (χ0v) is 51.1. The van der Waals surface area contributed by atoms with Crippen LogP contribution in [0.5, 0.6) is 0 Å². The summed E-state index contributed by atoms with van der Waals surface area (Å²) in [6, 6.07) is 6.68. The molecule has 460 valence electrons. The summed E-state index contributed by atoms with van der Waals surface area (Å²) in [5.41, 5.74) is -8.71. The van der Waals surface area contributed by atoms with E-state index in [1.807, 2.05) is 32.1 Å². The van der Waals surface area contributed by atoms with Gasteiger partial charge in [-0.05, 0) is 128 Å². The van der Waals surface area contributed by atoms with Gasteiger partial charge in [0.2, 0.25) is 6.10 Å². The van der Waals surface area contributed by atoms with Crippen LogP contribution < -0.4 is 5.32 Å². The van der Waals surface area contributed by atoms with Crippen molar-refractivity contribution in [2.45, 2.75) is 219 Å². The molecule has 1 heterocycles. The van der Waals surface area contributed by atoms with Crippen molar-refractivity contribution in [3.05, 3.63) is 120 Å². The molecule has 4 aliphatic carbocycles. The van der Waals surface area contributed by atoms with Gasteiger partial charge in [-0.15, -0.1) is 0 Å². The normalized spacial score (nSPS) is 28.4. The van der Waals surface area contributed by atoms with Gasteiger partial charge in [0.25, 0.3) is 0 Å². The van der Waals surface area contributed by atoms with Crippen LogP contribution in [0.2, 0.25) is 0 Å². The number of alkyl carbamates (subject to hydrolysis) is 1. The molecule has 1 saturated heterocycles. The Balaban J connectivity index is 1.33. The van der Waals surface area contributed by atoms with Gasteiger partial charge in [0.15, 0.2) is 17.5 Å². The summed E-state index contributed by atoms with van der Waals surface area (Å²) in [5, 5.41) is 29.2. The first-order chi connectivity index (χ1) is 39.7. The Hall–Kier alpha value is -6.43. The van der Waals surface area contributed by atoms with E-state index < -0.39 is 130 Å². The minimum Gasteiger partial charge on any atom is -0.455 e. The first-order valence-electron chi connectivity index (χ1n) is 29.9. The topological polar surface area (TPSA) is 237 Å². The molecule has 0 radical (unpaired) electrons. The lowest BCUT2D eigenvalue weighted by atomic mass is 9.44. The van der Waals surface area contributed by atoms with Crippen molar-refractivity contribution in [2.24, 2.45) is 28.6 Å². The van der Waals surface area contributed by atoms with Crippen LogP contribution in [0.25, 0.3) is 0 Å². The fraction of sp³-hybridized carbons (Fsp3) is 0.597. The van der Waals surface area contributed by atoms with Gasteiger partial charge in [-0.25, -0.2) is 14.4 Å². The van der Waals surface area contributed by atoms with E-state index in [4.69, 9.17) is 33.2 Å². The van der Waals surface area contributed by atoms with E-state index in [1.54, 1.807) is 59.7 Å². The van der Waals surface area contributed by atoms with E-state index in [9.17, 15) is 34.2 Å². The summed E-state index contributed by atoms with van der Waals surface area (Å²) >= 11 is 0. The number of hydrogen-bond donors (Lipinski definition) is 3. The molecular weight excluding hydrogens is 1070 g/mol. The predicted octanol–water partition coefficient (Wildman–Crippen LogP) is 10.9. The molecule has 5 aliphatic rings. The van der Waals surface area contributed by atoms with E-state index in [-0.39, 0.29) is 54.9 Å². The number of aliphatic hydroxyl groups is 2. The third-order valence-corrected chi connectivity index (χ3v) is 16.7. The maximum Gasteiger partial charge on any atom is 0.408 e. The van der Waals surface area contributed by atoms with Gasteiger partial charge >= 0.3 is 35.9 Å². The smallest absolute Gasteiger partial charge is 0.408 e. The first-order valence-corrected chi connectivity index (χ1v) is 29.9. The third-order valence-electron chi connectivity index (χ3n) is 16.7. The average Bonchev–Trinajstić information content (AvgIpc) is 0.720. The van der Waals surface area contributed by atoms with E-state index in [1.165, 1.54) is 26.0 Å². The molecule has 3 saturated carbocycles. The highest BCUT2D eigenvalue weighted by molar-refractivity contribution is 5.96. The molecule has 11 atom stereocenters. The van der Waals surface area contributed by atoms with Crippen molar-refractivity contribution in [1.82, 2.24) is 5.32 Å². The number of ether oxygens (including phenoxy) is 7. The van der Waals surface area contributed by atoms with Crippen molar-refractivity contribution >= 4 is 41.7 Å². The molecule has 3 N–H and O–H groups in total. The third kappa shape index (κ3) is 16.1. The Bertz CT molecular complexity index is 2720. The Labute approximate surface area is 496 Å². The largest absolute Gasteiger partial charge is 0.455 e. The second-order valence-electron chi connectivity index (χ2n) is 25.0. The molecule has 0 spiro atoms. The van der Waals surface area contributed by atoms with Crippen LogP contribution in [-0.4, -0.2) is 118 Å². The van der Waals surface area contributed by atoms with Crippen molar-refractivity contribution < 1.29 is 76.9 Å². The van der Waals surface area contributed by atoms with Gasteiger partial charge < -0.3 is 48.7 Å². The van der Waals surface area contributed by atoms with Gasteiger partial charge in [-0.2, -0.15) is 0 Å². The molecule has 2 bridgehead atoms. The Morgan fingerprint density at radius 3 is 1.90 bits per heavy atom. The average molecular weight is 1170 g/mol. The molecule has 0 aromatic heterocycles. The summed E-state index contributed by atoms with van der Waals surface area (Å²) in [4.78, 5) is 101. The molecule has 2 unspecified atom stereocenters. The van der Waals surface area contributed by atoms with Gasteiger partial charge in [0, 0.05) is 31.6 Å². The van der Waals surface area contributed by atoms with Gasteiger partial charge in [-0.1, -0.05) is 126 Å². The number of amides is 1. The number of carbonyl (C=O) groups is 7. The van der Waals surface area contributed by atoms with E-state index in [0.29, 0.717) is 19.3 Å². The Kier molecular flexibility index (Phi) is 23.1. The summed E-state index contributed by atoms with van der Waals surface area (Å²) < 4.78 is 43.1. The van der Waals surface area contributed by atoms with Crippen LogP contribution in [0.3, 0.4) is 0 Å². The highest BCUT2D eigenvalue weighted by atomic mass is 16.6. The standard InChI is InChI=1S/C67H91NO16/c1-12-13-14-15-16-17-18-19-20-21-22-23-24-25-26-27-28-29-33-36-52(71)80-54(48(39-43(2)3)68-62(76)84-63(6,7)8)61(75)79-49-41-67(77)58(82-60(74)46-34-31-30-32-35-46)56-65(11,50(70)40-51-66(56,42-78-51)83-45(5)69)57(72)55(81-59(73)47-37-38-47)53(44(49)4)64(67,9)10/h13-14,16-17,19-20,22-23,25-26,28-32,34-35,43,47-51,54-56,58,70,77H,12,15,18,21,24,27,33,36-42H2,1-11H3,(H,68,76)/b14-13-,17-16-,20-19-,23-22-,26-25-,29-28-/t48-,49-,50-,51+,54+,55+,56?,58?,65+,66-,67+/m0/s1. The quantitative estimate of drug-likeness (QED) is 0.0444. The number of Topliss-reactive ketones (excluding diaryl/α,β-unsaturated/α-hetero) is 1. The predicted molar refractivity (Wildman–Crippen MR) is 316 cm³/mol. The Morgan fingerprint density at radius 2 is 1.39 bits per heavy atom. The lowest BCUT2D eigenvalue weighted by Gasteiger charge is -2.67. The molecule has 1 aromatic rings.